The second-order valence-corrected chi connectivity index (χ2v) is 7.33. The number of thioether (sulfide) groups is 1. The van der Waals surface area contributed by atoms with E-state index in [2.05, 4.69) is 15.3 Å². The molecule has 0 saturated carbocycles. The quantitative estimate of drug-likeness (QED) is 0.605. The Morgan fingerprint density at radius 1 is 1.19 bits per heavy atom. The third kappa shape index (κ3) is 4.71. The smallest absolute Gasteiger partial charge is 0.220 e. The molecule has 1 aliphatic heterocycles. The molecule has 1 aromatic carbocycles. The van der Waals surface area contributed by atoms with Crippen LogP contribution in [0.25, 0.3) is 0 Å². The number of fused-ring (bicyclic) bond motifs is 1. The van der Waals surface area contributed by atoms with E-state index in [0.29, 0.717) is 26.1 Å². The van der Waals surface area contributed by atoms with Crippen molar-refractivity contribution in [2.75, 3.05) is 19.5 Å². The van der Waals surface area contributed by atoms with Gasteiger partial charge in [0.25, 0.3) is 0 Å². The molecule has 0 spiro atoms. The van der Waals surface area contributed by atoms with Crippen LogP contribution in [0, 0.1) is 13.8 Å². The van der Waals surface area contributed by atoms with E-state index in [1.54, 1.807) is 0 Å². The predicted octanol–water partition coefficient (Wildman–Crippen LogP) is 3.40. The van der Waals surface area contributed by atoms with Gasteiger partial charge in [-0.25, -0.2) is 9.97 Å². The zero-order chi connectivity index (χ0) is 19.4. The van der Waals surface area contributed by atoms with E-state index in [1.165, 1.54) is 11.8 Å². The molecule has 3 rings (SSSR count). The maximum atomic E-state index is 12.4. The normalized spacial score (nSPS) is 13.9. The summed E-state index contributed by atoms with van der Waals surface area (Å²) in [4.78, 5) is 21.4. The number of ether oxygens (including phenoxy) is 2. The number of nitrogens with zero attached hydrogens (tertiary/aromatic N) is 2. The van der Waals surface area contributed by atoms with Crippen LogP contribution in [0.15, 0.2) is 23.4 Å². The van der Waals surface area contributed by atoms with Crippen LogP contribution in [0.3, 0.4) is 0 Å². The van der Waals surface area contributed by atoms with Crippen molar-refractivity contribution in [3.63, 3.8) is 0 Å². The van der Waals surface area contributed by atoms with E-state index in [-0.39, 0.29) is 11.9 Å². The number of benzene rings is 1. The highest BCUT2D eigenvalue weighted by Gasteiger charge is 2.16. The van der Waals surface area contributed by atoms with Gasteiger partial charge >= 0.3 is 0 Å². The van der Waals surface area contributed by atoms with Gasteiger partial charge in [0.1, 0.15) is 13.2 Å². The minimum Gasteiger partial charge on any atom is -0.486 e. The lowest BCUT2D eigenvalue weighted by Crippen LogP contribution is -2.27. The molecule has 1 atom stereocenters. The fourth-order valence-corrected chi connectivity index (χ4v) is 3.58. The third-order valence-corrected chi connectivity index (χ3v) is 5.18. The predicted molar refractivity (Wildman–Crippen MR) is 106 cm³/mol. The SMILES string of the molecule is CSc1nc(C)c(CCC(=O)NC(C)c2ccc3c(c2)OCCO3)c(C)n1. The number of aromatic nitrogens is 2. The Kier molecular flexibility index (Phi) is 6.21. The maximum Gasteiger partial charge on any atom is 0.220 e. The van der Waals surface area contributed by atoms with Crippen molar-refractivity contribution < 1.29 is 14.3 Å². The molecule has 0 saturated heterocycles. The largest absolute Gasteiger partial charge is 0.486 e. The summed E-state index contributed by atoms with van der Waals surface area (Å²) in [5.41, 5.74) is 3.93. The molecule has 144 valence electrons. The minimum atomic E-state index is -0.106. The monoisotopic (exact) mass is 387 g/mol. The molecule has 1 aromatic heterocycles. The Bertz CT molecular complexity index is 818. The highest BCUT2D eigenvalue weighted by Crippen LogP contribution is 2.32. The van der Waals surface area contributed by atoms with E-state index in [9.17, 15) is 4.79 Å². The number of carbonyl (C=O) groups excluding carboxylic acids is 1. The van der Waals surface area contributed by atoms with Crippen molar-refractivity contribution >= 4 is 17.7 Å². The van der Waals surface area contributed by atoms with Crippen molar-refractivity contribution in [3.8, 4) is 11.5 Å². The summed E-state index contributed by atoms with van der Waals surface area (Å²) < 4.78 is 11.2. The van der Waals surface area contributed by atoms with Gasteiger partial charge in [0.15, 0.2) is 16.7 Å². The van der Waals surface area contributed by atoms with Crippen LogP contribution in [0.5, 0.6) is 11.5 Å². The molecule has 1 aliphatic rings. The minimum absolute atomic E-state index is 0.00475. The van der Waals surface area contributed by atoms with E-state index < -0.39 is 0 Å². The highest BCUT2D eigenvalue weighted by molar-refractivity contribution is 7.98. The molecule has 27 heavy (non-hydrogen) atoms. The first-order valence-corrected chi connectivity index (χ1v) is 10.3. The van der Waals surface area contributed by atoms with E-state index in [1.807, 2.05) is 45.2 Å². The summed E-state index contributed by atoms with van der Waals surface area (Å²) >= 11 is 1.53. The van der Waals surface area contributed by atoms with Gasteiger partial charge < -0.3 is 14.8 Å². The van der Waals surface area contributed by atoms with Gasteiger partial charge in [-0.2, -0.15) is 0 Å². The molecule has 2 heterocycles. The molecule has 2 aromatic rings. The number of hydrogen-bond donors (Lipinski definition) is 1. The molecule has 1 unspecified atom stereocenters. The lowest BCUT2D eigenvalue weighted by molar-refractivity contribution is -0.121. The van der Waals surface area contributed by atoms with Gasteiger partial charge in [0, 0.05) is 17.8 Å². The zero-order valence-corrected chi connectivity index (χ0v) is 17.0. The standard InChI is InChI=1S/C20H25N3O3S/c1-12(15-5-7-17-18(11-15)26-10-9-25-17)21-19(24)8-6-16-13(2)22-20(27-4)23-14(16)3/h5,7,11-12H,6,8-10H2,1-4H3,(H,21,24). The number of aryl methyl sites for hydroxylation is 2. The number of amides is 1. The first kappa shape index (κ1) is 19.5. The van der Waals surface area contributed by atoms with Crippen molar-refractivity contribution in [1.29, 1.82) is 0 Å². The van der Waals surface area contributed by atoms with Crippen molar-refractivity contribution in [3.05, 3.63) is 40.7 Å². The van der Waals surface area contributed by atoms with Crippen molar-refractivity contribution in [1.82, 2.24) is 15.3 Å². The van der Waals surface area contributed by atoms with Crippen LogP contribution in [0.4, 0.5) is 0 Å². The van der Waals surface area contributed by atoms with E-state index >= 15 is 0 Å². The first-order valence-electron chi connectivity index (χ1n) is 9.05. The second-order valence-electron chi connectivity index (χ2n) is 6.55. The Labute approximate surface area is 164 Å². The van der Waals surface area contributed by atoms with Crippen LogP contribution in [0.2, 0.25) is 0 Å². The summed E-state index contributed by atoms with van der Waals surface area (Å²) in [5, 5.41) is 3.82. The molecule has 7 heteroatoms. The highest BCUT2D eigenvalue weighted by atomic mass is 32.2. The summed E-state index contributed by atoms with van der Waals surface area (Å²) in [6.45, 7) is 7.03. The fraction of sp³-hybridized carbons (Fsp3) is 0.450. The van der Waals surface area contributed by atoms with Crippen LogP contribution >= 0.6 is 11.8 Å². The Hall–Kier alpha value is -2.28. The van der Waals surface area contributed by atoms with Crippen LogP contribution < -0.4 is 14.8 Å². The lowest BCUT2D eigenvalue weighted by atomic mass is 10.0. The molecule has 0 bridgehead atoms. The number of rotatable bonds is 6. The summed E-state index contributed by atoms with van der Waals surface area (Å²) in [7, 11) is 0. The number of nitrogens with one attached hydrogen (secondary N) is 1. The third-order valence-electron chi connectivity index (χ3n) is 4.63. The maximum absolute atomic E-state index is 12.4. The van der Waals surface area contributed by atoms with Crippen molar-refractivity contribution in [2.24, 2.45) is 0 Å². The van der Waals surface area contributed by atoms with E-state index in [4.69, 9.17) is 9.47 Å². The number of hydrogen-bond acceptors (Lipinski definition) is 6. The average molecular weight is 388 g/mol. The Balaban J connectivity index is 1.59. The van der Waals surface area contributed by atoms with Crippen molar-refractivity contribution in [2.45, 2.75) is 44.8 Å². The zero-order valence-electron chi connectivity index (χ0n) is 16.2. The molecular weight excluding hydrogens is 362 g/mol. The van der Waals surface area contributed by atoms with Gasteiger partial charge in [-0.1, -0.05) is 17.8 Å². The van der Waals surface area contributed by atoms with Crippen LogP contribution in [0.1, 0.15) is 41.9 Å². The molecule has 0 aliphatic carbocycles. The summed E-state index contributed by atoms with van der Waals surface area (Å²) in [6.07, 6.45) is 2.99. The molecule has 0 fully saturated rings. The fourth-order valence-electron chi connectivity index (χ4n) is 3.13. The van der Waals surface area contributed by atoms with Crippen LogP contribution in [-0.2, 0) is 11.2 Å². The molecule has 6 nitrogen and oxygen atoms in total. The second kappa shape index (κ2) is 8.61. The van der Waals surface area contributed by atoms with Gasteiger partial charge in [0.05, 0.1) is 6.04 Å². The summed E-state index contributed by atoms with van der Waals surface area (Å²) in [6, 6.07) is 5.68. The number of carbonyl (C=O) groups is 1. The topological polar surface area (TPSA) is 73.3 Å². The Morgan fingerprint density at radius 3 is 2.52 bits per heavy atom. The average Bonchev–Trinajstić information content (AvgIpc) is 2.66. The first-order chi connectivity index (χ1) is 13.0. The molecule has 1 N–H and O–H groups in total. The van der Waals surface area contributed by atoms with Crippen LogP contribution in [-0.4, -0.2) is 35.3 Å². The Morgan fingerprint density at radius 2 is 1.85 bits per heavy atom. The van der Waals surface area contributed by atoms with E-state index in [0.717, 1.165) is 39.2 Å². The van der Waals surface area contributed by atoms with Gasteiger partial charge in [-0.05, 0) is 56.7 Å². The van der Waals surface area contributed by atoms with Gasteiger partial charge in [-0.3, -0.25) is 4.79 Å². The lowest BCUT2D eigenvalue weighted by Gasteiger charge is -2.21. The summed E-state index contributed by atoms with van der Waals surface area (Å²) in [5.74, 6) is 1.49. The van der Waals surface area contributed by atoms with Gasteiger partial charge in [-0.15, -0.1) is 0 Å². The van der Waals surface area contributed by atoms with Gasteiger partial charge in [0.2, 0.25) is 5.91 Å². The molecule has 0 radical (unpaired) electrons. The molecule has 1 amide bonds. The molecular formula is C20H25N3O3S.